The second-order valence-corrected chi connectivity index (χ2v) is 3.41. The van der Waals surface area contributed by atoms with Gasteiger partial charge >= 0.3 is 0 Å². The van der Waals surface area contributed by atoms with Crippen LogP contribution in [0, 0.1) is 12.3 Å². The van der Waals surface area contributed by atoms with Crippen LogP contribution in [0.4, 0.5) is 5.82 Å². The Morgan fingerprint density at radius 2 is 2.40 bits per heavy atom. The van der Waals surface area contributed by atoms with Gasteiger partial charge in [-0.2, -0.15) is 5.10 Å². The molecule has 0 bridgehead atoms. The highest BCUT2D eigenvalue weighted by Gasteiger charge is 2.05. The SMILES string of the molecule is C#Cc1ccc2[nH]nc(NC(N)=S)c2c1. The first kappa shape index (κ1) is 9.49. The zero-order chi connectivity index (χ0) is 10.8. The van der Waals surface area contributed by atoms with Crippen molar-refractivity contribution in [1.29, 1.82) is 0 Å². The molecule has 0 radical (unpaired) electrons. The van der Waals surface area contributed by atoms with Gasteiger partial charge < -0.3 is 11.1 Å². The molecule has 0 aliphatic carbocycles. The van der Waals surface area contributed by atoms with Crippen molar-refractivity contribution in [2.24, 2.45) is 5.73 Å². The lowest BCUT2D eigenvalue weighted by molar-refractivity contribution is 1.12. The number of fused-ring (bicyclic) bond motifs is 1. The number of nitrogens with two attached hydrogens (primary N) is 1. The monoisotopic (exact) mass is 216 g/mol. The van der Waals surface area contributed by atoms with E-state index in [1.165, 1.54) is 0 Å². The van der Waals surface area contributed by atoms with E-state index in [-0.39, 0.29) is 5.11 Å². The van der Waals surface area contributed by atoms with Crippen molar-refractivity contribution in [1.82, 2.24) is 10.2 Å². The van der Waals surface area contributed by atoms with Crippen LogP contribution < -0.4 is 11.1 Å². The molecule has 0 amide bonds. The molecule has 1 heterocycles. The maximum absolute atomic E-state index is 5.37. The molecule has 4 nitrogen and oxygen atoms in total. The predicted octanol–water partition coefficient (Wildman–Crippen LogP) is 1.20. The maximum Gasteiger partial charge on any atom is 0.169 e. The summed E-state index contributed by atoms with van der Waals surface area (Å²) in [5, 5.41) is 10.7. The molecule has 0 aliphatic heterocycles. The summed E-state index contributed by atoms with van der Waals surface area (Å²) in [6.07, 6.45) is 5.31. The summed E-state index contributed by atoms with van der Waals surface area (Å²) < 4.78 is 0. The van der Waals surface area contributed by atoms with Gasteiger partial charge in [0.15, 0.2) is 10.9 Å². The number of anilines is 1. The number of hydrogen-bond donors (Lipinski definition) is 3. The van der Waals surface area contributed by atoms with E-state index >= 15 is 0 Å². The van der Waals surface area contributed by atoms with Crippen molar-refractivity contribution in [3.05, 3.63) is 23.8 Å². The number of aromatic amines is 1. The van der Waals surface area contributed by atoms with E-state index in [4.69, 9.17) is 24.4 Å². The summed E-state index contributed by atoms with van der Waals surface area (Å²) in [7, 11) is 0. The van der Waals surface area contributed by atoms with E-state index < -0.39 is 0 Å². The molecule has 1 aromatic heterocycles. The van der Waals surface area contributed by atoms with Gasteiger partial charge in [0.25, 0.3) is 0 Å². The molecular formula is C10H8N4S. The molecule has 2 rings (SSSR count). The molecule has 4 N–H and O–H groups in total. The van der Waals surface area contributed by atoms with Crippen LogP contribution in [-0.4, -0.2) is 15.3 Å². The molecule has 0 aliphatic rings. The molecule has 74 valence electrons. The second kappa shape index (κ2) is 3.59. The number of thiocarbonyl (C=S) groups is 1. The van der Waals surface area contributed by atoms with E-state index in [1.807, 2.05) is 18.2 Å². The number of aromatic nitrogens is 2. The minimum atomic E-state index is 0.175. The lowest BCUT2D eigenvalue weighted by Gasteiger charge is -1.99. The summed E-state index contributed by atoms with van der Waals surface area (Å²) in [5.74, 6) is 3.15. The first-order valence-electron chi connectivity index (χ1n) is 4.22. The summed E-state index contributed by atoms with van der Waals surface area (Å²) in [6.45, 7) is 0. The highest BCUT2D eigenvalue weighted by Crippen LogP contribution is 2.21. The van der Waals surface area contributed by atoms with Crippen molar-refractivity contribution in [2.45, 2.75) is 0 Å². The first-order chi connectivity index (χ1) is 7.20. The molecule has 2 aromatic rings. The van der Waals surface area contributed by atoms with Crippen molar-refractivity contribution in [3.8, 4) is 12.3 Å². The maximum atomic E-state index is 5.37. The van der Waals surface area contributed by atoms with E-state index in [1.54, 1.807) is 0 Å². The number of rotatable bonds is 1. The molecule has 1 aromatic carbocycles. The van der Waals surface area contributed by atoms with Crippen LogP contribution in [0.25, 0.3) is 10.9 Å². The summed E-state index contributed by atoms with van der Waals surface area (Å²) >= 11 is 4.74. The zero-order valence-corrected chi connectivity index (χ0v) is 8.56. The van der Waals surface area contributed by atoms with Crippen molar-refractivity contribution in [3.63, 3.8) is 0 Å². The fraction of sp³-hybridized carbons (Fsp3) is 0. The van der Waals surface area contributed by atoms with Gasteiger partial charge in [0.05, 0.1) is 5.52 Å². The molecule has 5 heteroatoms. The second-order valence-electron chi connectivity index (χ2n) is 2.97. The smallest absolute Gasteiger partial charge is 0.169 e. The summed E-state index contributed by atoms with van der Waals surface area (Å²) in [5.41, 5.74) is 7.04. The molecule has 0 saturated carbocycles. The Kier molecular flexibility index (Phi) is 2.27. The molecule has 0 atom stereocenters. The molecule has 15 heavy (non-hydrogen) atoms. The molecular weight excluding hydrogens is 208 g/mol. The van der Waals surface area contributed by atoms with Crippen LogP contribution in [0.5, 0.6) is 0 Å². The van der Waals surface area contributed by atoms with Gasteiger partial charge in [0.2, 0.25) is 0 Å². The average molecular weight is 216 g/mol. The lowest BCUT2D eigenvalue weighted by Crippen LogP contribution is -2.19. The topological polar surface area (TPSA) is 66.7 Å². The van der Waals surface area contributed by atoms with Gasteiger partial charge in [-0.1, -0.05) is 5.92 Å². The number of hydrogen-bond acceptors (Lipinski definition) is 2. The Balaban J connectivity index is 2.57. The standard InChI is InChI=1S/C10H8N4S/c1-2-6-3-4-8-7(5-6)9(14-13-8)12-10(11)15/h1,3-5H,(H4,11,12,13,14,15). The highest BCUT2D eigenvalue weighted by molar-refractivity contribution is 7.80. The van der Waals surface area contributed by atoms with Crippen LogP contribution in [0.3, 0.4) is 0 Å². The number of nitrogens with one attached hydrogen (secondary N) is 2. The number of terminal acetylenes is 1. The first-order valence-corrected chi connectivity index (χ1v) is 4.62. The quantitative estimate of drug-likeness (QED) is 0.495. The third-order valence-corrected chi connectivity index (χ3v) is 2.07. The lowest BCUT2D eigenvalue weighted by atomic mass is 10.1. The minimum absolute atomic E-state index is 0.175. The van der Waals surface area contributed by atoms with Crippen molar-refractivity contribution < 1.29 is 0 Å². The summed E-state index contributed by atoms with van der Waals surface area (Å²) in [6, 6.07) is 5.55. The van der Waals surface area contributed by atoms with Gasteiger partial charge in [-0.3, -0.25) is 5.10 Å². The fourth-order valence-corrected chi connectivity index (χ4v) is 1.41. The molecule has 0 unspecified atom stereocenters. The molecule has 0 fully saturated rings. The largest absolute Gasteiger partial charge is 0.376 e. The van der Waals surface area contributed by atoms with Crippen LogP contribution in [0.15, 0.2) is 18.2 Å². The molecule has 0 spiro atoms. The van der Waals surface area contributed by atoms with E-state index in [9.17, 15) is 0 Å². The van der Waals surface area contributed by atoms with E-state index in [0.717, 1.165) is 16.5 Å². The van der Waals surface area contributed by atoms with E-state index in [0.29, 0.717) is 5.82 Å². The van der Waals surface area contributed by atoms with Gasteiger partial charge in [-0.25, -0.2) is 0 Å². The van der Waals surface area contributed by atoms with Crippen molar-refractivity contribution >= 4 is 34.1 Å². The van der Waals surface area contributed by atoms with Gasteiger partial charge in [0.1, 0.15) is 0 Å². The van der Waals surface area contributed by atoms with Crippen molar-refractivity contribution in [2.75, 3.05) is 5.32 Å². The minimum Gasteiger partial charge on any atom is -0.376 e. The number of H-pyrrole nitrogens is 1. The highest BCUT2D eigenvalue weighted by atomic mass is 32.1. The Hall–Kier alpha value is -2.06. The third kappa shape index (κ3) is 1.75. The van der Waals surface area contributed by atoms with Crippen LogP contribution in [-0.2, 0) is 0 Å². The average Bonchev–Trinajstić information content (AvgIpc) is 2.60. The van der Waals surface area contributed by atoms with Crippen LogP contribution in [0.1, 0.15) is 5.56 Å². The fourth-order valence-electron chi connectivity index (χ4n) is 1.32. The normalized spacial score (nSPS) is 9.80. The predicted molar refractivity (Wildman–Crippen MR) is 64.4 cm³/mol. The Morgan fingerprint density at radius 3 is 3.07 bits per heavy atom. The Bertz CT molecular complexity index is 564. The number of benzene rings is 1. The summed E-state index contributed by atoms with van der Waals surface area (Å²) in [4.78, 5) is 0. The number of nitrogens with zero attached hydrogens (tertiary/aromatic N) is 1. The van der Waals surface area contributed by atoms with Gasteiger partial charge in [0, 0.05) is 10.9 Å². The van der Waals surface area contributed by atoms with Gasteiger partial charge in [-0.05, 0) is 30.4 Å². The van der Waals surface area contributed by atoms with Crippen LogP contribution in [0.2, 0.25) is 0 Å². The Labute approximate surface area is 91.9 Å². The van der Waals surface area contributed by atoms with Crippen LogP contribution >= 0.6 is 12.2 Å². The zero-order valence-electron chi connectivity index (χ0n) is 7.74. The van der Waals surface area contributed by atoms with Gasteiger partial charge in [-0.15, -0.1) is 6.42 Å². The van der Waals surface area contributed by atoms with E-state index in [2.05, 4.69) is 21.4 Å². The Morgan fingerprint density at radius 1 is 1.60 bits per heavy atom. The third-order valence-electron chi connectivity index (χ3n) is 1.97. The molecule has 0 saturated heterocycles.